The second kappa shape index (κ2) is 3.66. The van der Waals surface area contributed by atoms with E-state index in [4.69, 9.17) is 0 Å². The van der Waals surface area contributed by atoms with Gasteiger partial charge in [0.2, 0.25) is 0 Å². The topological polar surface area (TPSA) is 0 Å². The summed E-state index contributed by atoms with van der Waals surface area (Å²) in [5.74, 6) is 0. The quantitative estimate of drug-likeness (QED) is 0.672. The Bertz CT molecular complexity index is 852. The van der Waals surface area contributed by atoms with Crippen LogP contribution in [0.5, 0.6) is 0 Å². The SMILES string of the molecule is C[Si]1(C)c2cc(C3=CC=CC3)cc3c2C1c1ccccc1-3. The van der Waals surface area contributed by atoms with E-state index in [-0.39, 0.29) is 0 Å². The summed E-state index contributed by atoms with van der Waals surface area (Å²) in [6, 6.07) is 14.0. The summed E-state index contributed by atoms with van der Waals surface area (Å²) in [6.45, 7) is 5.08. The number of hydrogen-bond donors (Lipinski definition) is 0. The zero-order valence-electron chi connectivity index (χ0n) is 12.5. The lowest BCUT2D eigenvalue weighted by molar-refractivity contribution is 1.09. The van der Waals surface area contributed by atoms with Gasteiger partial charge in [0.1, 0.15) is 0 Å². The lowest BCUT2D eigenvalue weighted by atomic mass is 9.97. The van der Waals surface area contributed by atoms with E-state index in [1.165, 1.54) is 22.3 Å². The molecule has 2 aromatic rings. The van der Waals surface area contributed by atoms with Gasteiger partial charge >= 0.3 is 0 Å². The zero-order chi connectivity index (χ0) is 14.2. The van der Waals surface area contributed by atoms with Gasteiger partial charge in [-0.1, -0.05) is 66.8 Å². The standard InChI is InChI=1S/C20H18Si/c1-21(2)18-12-14(13-7-3-4-8-13)11-17-15-9-5-6-10-16(15)20(21)19(17)18/h3-7,9-12,20H,8H2,1-2H3. The summed E-state index contributed by atoms with van der Waals surface area (Å²) in [6.07, 6.45) is 7.81. The molecule has 1 atom stereocenters. The van der Waals surface area contributed by atoms with Crippen molar-refractivity contribution in [3.05, 3.63) is 71.3 Å². The van der Waals surface area contributed by atoms with Gasteiger partial charge in [-0.05, 0) is 45.9 Å². The molecule has 2 aliphatic carbocycles. The summed E-state index contributed by atoms with van der Waals surface area (Å²) < 4.78 is 0. The summed E-state index contributed by atoms with van der Waals surface area (Å²) in [5.41, 5.74) is 9.92. The minimum atomic E-state index is -1.33. The Morgan fingerprint density at radius 1 is 1.05 bits per heavy atom. The Morgan fingerprint density at radius 3 is 2.71 bits per heavy atom. The number of hydrogen-bond acceptors (Lipinski definition) is 0. The Kier molecular flexibility index (Phi) is 2.05. The lowest BCUT2D eigenvalue weighted by Crippen LogP contribution is -2.59. The first-order valence-corrected chi connectivity index (χ1v) is 10.9. The van der Waals surface area contributed by atoms with Crippen LogP contribution in [0.25, 0.3) is 16.7 Å². The van der Waals surface area contributed by atoms with Gasteiger partial charge < -0.3 is 0 Å². The van der Waals surface area contributed by atoms with E-state index in [9.17, 15) is 0 Å². The molecule has 0 aromatic heterocycles. The van der Waals surface area contributed by atoms with E-state index in [1.807, 2.05) is 0 Å². The van der Waals surface area contributed by atoms with Crippen LogP contribution >= 0.6 is 0 Å². The third kappa shape index (κ3) is 1.31. The average molecular weight is 286 g/mol. The van der Waals surface area contributed by atoms with E-state index in [1.54, 1.807) is 16.3 Å². The van der Waals surface area contributed by atoms with Crippen molar-refractivity contribution >= 4 is 18.8 Å². The second-order valence-electron chi connectivity index (χ2n) is 7.05. The lowest BCUT2D eigenvalue weighted by Gasteiger charge is -2.44. The predicted octanol–water partition coefficient (Wildman–Crippen LogP) is 4.61. The highest BCUT2D eigenvalue weighted by Gasteiger charge is 2.52. The maximum Gasteiger partial charge on any atom is 0.0931 e. The van der Waals surface area contributed by atoms with Gasteiger partial charge in [-0.2, -0.15) is 0 Å². The Balaban J connectivity index is 1.81. The molecule has 0 spiro atoms. The molecule has 0 amide bonds. The molecule has 5 rings (SSSR count). The third-order valence-corrected chi connectivity index (χ3v) is 9.43. The van der Waals surface area contributed by atoms with Crippen LogP contribution in [-0.4, -0.2) is 8.07 Å². The maximum atomic E-state index is 2.54. The summed E-state index contributed by atoms with van der Waals surface area (Å²) >= 11 is 0. The first-order chi connectivity index (χ1) is 10.2. The molecule has 0 bridgehead atoms. The van der Waals surface area contributed by atoms with E-state index in [0.29, 0.717) is 0 Å². The molecule has 1 aliphatic heterocycles. The molecule has 0 nitrogen and oxygen atoms in total. The van der Waals surface area contributed by atoms with E-state index >= 15 is 0 Å². The van der Waals surface area contributed by atoms with Crippen molar-refractivity contribution in [2.24, 2.45) is 0 Å². The van der Waals surface area contributed by atoms with Crippen molar-refractivity contribution in [2.45, 2.75) is 25.1 Å². The van der Waals surface area contributed by atoms with Crippen LogP contribution in [0, 0.1) is 0 Å². The number of rotatable bonds is 1. The van der Waals surface area contributed by atoms with Crippen LogP contribution in [0.2, 0.25) is 13.1 Å². The van der Waals surface area contributed by atoms with Gasteiger partial charge in [0, 0.05) is 5.54 Å². The van der Waals surface area contributed by atoms with E-state index < -0.39 is 8.07 Å². The summed E-state index contributed by atoms with van der Waals surface area (Å²) in [5, 5.41) is 1.70. The second-order valence-corrected chi connectivity index (χ2v) is 11.6. The molecule has 0 fully saturated rings. The van der Waals surface area contributed by atoms with Crippen LogP contribution in [0.3, 0.4) is 0 Å². The van der Waals surface area contributed by atoms with E-state index in [2.05, 4.69) is 67.7 Å². The fourth-order valence-corrected chi connectivity index (χ4v) is 8.19. The van der Waals surface area contributed by atoms with Crippen molar-refractivity contribution in [2.75, 3.05) is 0 Å². The Labute approximate surface area is 126 Å². The highest BCUT2D eigenvalue weighted by Crippen LogP contribution is 2.54. The largest absolute Gasteiger partial charge is 0.0931 e. The fraction of sp³-hybridized carbons (Fsp3) is 0.200. The smallest absolute Gasteiger partial charge is 0.0801 e. The Hall–Kier alpha value is -1.86. The van der Waals surface area contributed by atoms with Crippen molar-refractivity contribution in [1.29, 1.82) is 0 Å². The number of benzene rings is 2. The van der Waals surface area contributed by atoms with Crippen molar-refractivity contribution in [3.63, 3.8) is 0 Å². The van der Waals surface area contributed by atoms with Gasteiger partial charge in [-0.25, -0.2) is 0 Å². The fourth-order valence-electron chi connectivity index (χ4n) is 4.54. The van der Waals surface area contributed by atoms with Crippen molar-refractivity contribution in [1.82, 2.24) is 0 Å². The summed E-state index contributed by atoms with van der Waals surface area (Å²) in [7, 11) is -1.33. The molecule has 21 heavy (non-hydrogen) atoms. The van der Waals surface area contributed by atoms with Crippen molar-refractivity contribution < 1.29 is 0 Å². The van der Waals surface area contributed by atoms with Gasteiger partial charge in [-0.3, -0.25) is 0 Å². The molecular weight excluding hydrogens is 268 g/mol. The molecule has 3 aliphatic rings. The minimum absolute atomic E-state index is 0.739. The van der Waals surface area contributed by atoms with Crippen LogP contribution in [0.1, 0.15) is 28.7 Å². The van der Waals surface area contributed by atoms with Crippen LogP contribution < -0.4 is 5.19 Å². The first-order valence-electron chi connectivity index (χ1n) is 7.82. The van der Waals surface area contributed by atoms with Crippen LogP contribution in [0.4, 0.5) is 0 Å². The third-order valence-electron chi connectivity index (χ3n) is 5.59. The molecule has 1 unspecified atom stereocenters. The predicted molar refractivity (Wildman–Crippen MR) is 92.6 cm³/mol. The van der Waals surface area contributed by atoms with Gasteiger partial charge in [0.15, 0.2) is 0 Å². The van der Waals surface area contributed by atoms with Gasteiger partial charge in [0.25, 0.3) is 0 Å². The molecule has 1 heteroatoms. The van der Waals surface area contributed by atoms with Crippen LogP contribution in [-0.2, 0) is 0 Å². The number of allylic oxidation sites excluding steroid dienone is 4. The molecule has 0 saturated heterocycles. The molecule has 0 radical (unpaired) electrons. The molecule has 0 saturated carbocycles. The first kappa shape index (κ1) is 11.8. The zero-order valence-corrected chi connectivity index (χ0v) is 13.5. The molecule has 102 valence electrons. The molecule has 0 N–H and O–H groups in total. The highest BCUT2D eigenvalue weighted by atomic mass is 28.3. The Morgan fingerprint density at radius 2 is 1.90 bits per heavy atom. The molecular formula is C20H18Si. The number of fused-ring (bicyclic) bond motifs is 3. The van der Waals surface area contributed by atoms with Gasteiger partial charge in [0.05, 0.1) is 8.07 Å². The van der Waals surface area contributed by atoms with Crippen LogP contribution in [0.15, 0.2) is 54.6 Å². The minimum Gasteiger partial charge on any atom is -0.0801 e. The molecule has 2 aromatic carbocycles. The molecule has 1 heterocycles. The monoisotopic (exact) mass is 286 g/mol. The maximum absolute atomic E-state index is 2.54. The van der Waals surface area contributed by atoms with Crippen molar-refractivity contribution in [3.8, 4) is 11.1 Å². The average Bonchev–Trinajstić information content (AvgIpc) is 3.11. The summed E-state index contributed by atoms with van der Waals surface area (Å²) in [4.78, 5) is 0. The van der Waals surface area contributed by atoms with Gasteiger partial charge in [-0.15, -0.1) is 0 Å². The highest BCUT2D eigenvalue weighted by molar-refractivity contribution is 6.96. The van der Waals surface area contributed by atoms with E-state index in [0.717, 1.165) is 12.0 Å². The normalized spacial score (nSPS) is 22.6.